The molecule has 0 atom stereocenters. The number of allylic oxidation sites excluding steroid dienone is 2. The van der Waals surface area contributed by atoms with Crippen molar-refractivity contribution in [3.8, 4) is 0 Å². The number of nitrogens with zero attached hydrogens (tertiary/aromatic N) is 1. The molecule has 0 saturated heterocycles. The Balaban J connectivity index is 0. The molecule has 0 aromatic carbocycles. The Labute approximate surface area is 76.2 Å². The van der Waals surface area contributed by atoms with Crippen LogP contribution in [0.15, 0.2) is 34.6 Å². The third kappa shape index (κ3) is 8.93. The van der Waals surface area contributed by atoms with Crippen molar-refractivity contribution in [2.75, 3.05) is 0 Å². The van der Waals surface area contributed by atoms with Gasteiger partial charge in [0.1, 0.15) is 0 Å². The molecule has 0 rings (SSSR count). The highest BCUT2D eigenvalue weighted by molar-refractivity contribution is 5.56. The summed E-state index contributed by atoms with van der Waals surface area (Å²) in [5.74, 6) is 0. The van der Waals surface area contributed by atoms with Gasteiger partial charge in [-0.15, -0.1) is 5.73 Å². The lowest BCUT2D eigenvalue weighted by Gasteiger charge is -1.85. The molecule has 0 aliphatic heterocycles. The summed E-state index contributed by atoms with van der Waals surface area (Å²) in [5.41, 5.74) is 3.90. The maximum atomic E-state index is 4.08. The second-order valence-corrected chi connectivity index (χ2v) is 1.70. The van der Waals surface area contributed by atoms with Gasteiger partial charge in [-0.3, -0.25) is 4.99 Å². The van der Waals surface area contributed by atoms with Gasteiger partial charge in [-0.25, -0.2) is 0 Å². The molecule has 1 nitrogen and oxygen atoms in total. The summed E-state index contributed by atoms with van der Waals surface area (Å²) in [4.78, 5) is 4.08. The molecule has 0 aliphatic rings. The first-order chi connectivity index (χ1) is 5.85. The molecule has 0 bridgehead atoms. The van der Waals surface area contributed by atoms with Gasteiger partial charge in [-0.1, -0.05) is 19.9 Å². The van der Waals surface area contributed by atoms with E-state index in [0.717, 1.165) is 5.70 Å². The second-order valence-electron chi connectivity index (χ2n) is 1.70. The van der Waals surface area contributed by atoms with Crippen LogP contribution >= 0.6 is 0 Å². The summed E-state index contributed by atoms with van der Waals surface area (Å²) < 4.78 is 0. The summed E-state index contributed by atoms with van der Waals surface area (Å²) in [6.45, 7) is 9.78. The molecule has 0 aromatic rings. The fraction of sp³-hybridized carbons (Fsp3) is 0.455. The molecular formula is C11H19N. The van der Waals surface area contributed by atoms with E-state index >= 15 is 0 Å². The SMILES string of the molecule is CC.CC=C=C/C(=C/C)N=CC. The summed E-state index contributed by atoms with van der Waals surface area (Å²) in [7, 11) is 0. The van der Waals surface area contributed by atoms with Gasteiger partial charge < -0.3 is 0 Å². The van der Waals surface area contributed by atoms with E-state index in [4.69, 9.17) is 0 Å². The molecule has 12 heavy (non-hydrogen) atoms. The van der Waals surface area contributed by atoms with Crippen molar-refractivity contribution >= 4 is 6.21 Å². The first kappa shape index (κ1) is 13.5. The monoisotopic (exact) mass is 165 g/mol. The van der Waals surface area contributed by atoms with E-state index in [1.807, 2.05) is 52.8 Å². The van der Waals surface area contributed by atoms with Crippen molar-refractivity contribution in [1.29, 1.82) is 0 Å². The normalized spacial score (nSPS) is 9.92. The first-order valence-electron chi connectivity index (χ1n) is 4.37. The number of hydrogen-bond acceptors (Lipinski definition) is 1. The highest BCUT2D eigenvalue weighted by Gasteiger charge is 1.78. The lowest BCUT2D eigenvalue weighted by atomic mass is 10.4. The average molecular weight is 165 g/mol. The Bertz CT molecular complexity index is 191. The van der Waals surface area contributed by atoms with E-state index in [-0.39, 0.29) is 0 Å². The van der Waals surface area contributed by atoms with Crippen LogP contribution in [0.5, 0.6) is 0 Å². The predicted molar refractivity (Wildman–Crippen MR) is 57.6 cm³/mol. The van der Waals surface area contributed by atoms with Crippen LogP contribution in [-0.4, -0.2) is 6.21 Å². The summed E-state index contributed by atoms with van der Waals surface area (Å²) in [6, 6.07) is 0. The van der Waals surface area contributed by atoms with Crippen LogP contribution in [0.3, 0.4) is 0 Å². The summed E-state index contributed by atoms with van der Waals surface area (Å²) >= 11 is 0. The zero-order chi connectivity index (χ0) is 9.82. The summed E-state index contributed by atoms with van der Waals surface area (Å²) in [5, 5.41) is 0. The van der Waals surface area contributed by atoms with E-state index in [1.54, 1.807) is 6.21 Å². The molecule has 1 heteroatoms. The zero-order valence-electron chi connectivity index (χ0n) is 8.76. The van der Waals surface area contributed by atoms with Gasteiger partial charge in [0.15, 0.2) is 0 Å². The third-order valence-electron chi connectivity index (χ3n) is 0.972. The maximum Gasteiger partial charge on any atom is 0.0659 e. The Morgan fingerprint density at radius 1 is 1.17 bits per heavy atom. The minimum Gasteiger partial charge on any atom is -0.261 e. The Kier molecular flexibility index (Phi) is 14.2. The van der Waals surface area contributed by atoms with Gasteiger partial charge in [-0.2, -0.15) is 0 Å². The van der Waals surface area contributed by atoms with Crippen molar-refractivity contribution in [2.24, 2.45) is 4.99 Å². The molecule has 0 saturated carbocycles. The standard InChI is InChI=1S/C9H13N.C2H6/c1-4-7-8-9(5-2)10-6-3;1-2/h4-6,8H,1-3H3;1-2H3/b9-5-,10-6?;. The van der Waals surface area contributed by atoms with Crippen molar-refractivity contribution in [3.63, 3.8) is 0 Å². The molecular weight excluding hydrogens is 146 g/mol. The van der Waals surface area contributed by atoms with Crippen LogP contribution in [0, 0.1) is 0 Å². The average Bonchev–Trinajstić information content (AvgIpc) is 2.15. The fourth-order valence-corrected chi connectivity index (χ4v) is 0.513. The van der Waals surface area contributed by atoms with E-state index in [9.17, 15) is 0 Å². The van der Waals surface area contributed by atoms with Crippen molar-refractivity contribution < 1.29 is 0 Å². The van der Waals surface area contributed by atoms with Gasteiger partial charge in [0.25, 0.3) is 0 Å². The van der Waals surface area contributed by atoms with Gasteiger partial charge in [-0.05, 0) is 26.8 Å². The minimum absolute atomic E-state index is 0.945. The van der Waals surface area contributed by atoms with Crippen LogP contribution < -0.4 is 0 Å². The molecule has 0 radical (unpaired) electrons. The van der Waals surface area contributed by atoms with E-state index in [2.05, 4.69) is 10.7 Å². The van der Waals surface area contributed by atoms with Gasteiger partial charge in [0.2, 0.25) is 0 Å². The maximum absolute atomic E-state index is 4.08. The first-order valence-corrected chi connectivity index (χ1v) is 4.37. The van der Waals surface area contributed by atoms with E-state index in [0.29, 0.717) is 0 Å². The van der Waals surface area contributed by atoms with Crippen molar-refractivity contribution in [3.05, 3.63) is 29.7 Å². The molecule has 0 unspecified atom stereocenters. The molecule has 68 valence electrons. The topological polar surface area (TPSA) is 12.4 Å². The van der Waals surface area contributed by atoms with Gasteiger partial charge in [0.05, 0.1) is 5.70 Å². The Hall–Kier alpha value is -1.07. The number of rotatable bonds is 2. The third-order valence-corrected chi connectivity index (χ3v) is 0.972. The lowest BCUT2D eigenvalue weighted by molar-refractivity contribution is 1.39. The highest BCUT2D eigenvalue weighted by Crippen LogP contribution is 1.95. The van der Waals surface area contributed by atoms with Crippen LogP contribution in [-0.2, 0) is 0 Å². The molecule has 0 fully saturated rings. The zero-order valence-corrected chi connectivity index (χ0v) is 8.76. The smallest absolute Gasteiger partial charge is 0.0659 e. The fourth-order valence-electron chi connectivity index (χ4n) is 0.513. The van der Waals surface area contributed by atoms with Gasteiger partial charge in [0, 0.05) is 12.3 Å². The molecule has 0 aliphatic carbocycles. The number of aliphatic imine (C=N–C) groups is 1. The molecule has 0 heterocycles. The van der Waals surface area contributed by atoms with Crippen LogP contribution in [0.1, 0.15) is 34.6 Å². The van der Waals surface area contributed by atoms with Crippen molar-refractivity contribution in [2.45, 2.75) is 34.6 Å². The van der Waals surface area contributed by atoms with E-state index < -0.39 is 0 Å². The van der Waals surface area contributed by atoms with Crippen LogP contribution in [0.2, 0.25) is 0 Å². The largest absolute Gasteiger partial charge is 0.261 e. The van der Waals surface area contributed by atoms with Crippen LogP contribution in [0.4, 0.5) is 0 Å². The Morgan fingerprint density at radius 3 is 2.08 bits per heavy atom. The lowest BCUT2D eigenvalue weighted by Crippen LogP contribution is -1.68. The highest BCUT2D eigenvalue weighted by atomic mass is 14.7. The quantitative estimate of drug-likeness (QED) is 0.336. The molecule has 0 aromatic heterocycles. The predicted octanol–water partition coefficient (Wildman–Crippen LogP) is 3.74. The molecule has 0 N–H and O–H groups in total. The summed E-state index contributed by atoms with van der Waals surface area (Å²) in [6.07, 6.45) is 7.41. The molecule has 0 spiro atoms. The van der Waals surface area contributed by atoms with Crippen molar-refractivity contribution in [1.82, 2.24) is 0 Å². The van der Waals surface area contributed by atoms with Gasteiger partial charge >= 0.3 is 0 Å². The van der Waals surface area contributed by atoms with Crippen LogP contribution in [0.25, 0.3) is 0 Å². The van der Waals surface area contributed by atoms with E-state index in [1.165, 1.54) is 0 Å². The number of hydrogen-bond donors (Lipinski definition) is 0. The second kappa shape index (κ2) is 12.6. The minimum atomic E-state index is 0.945. The Morgan fingerprint density at radius 2 is 1.75 bits per heavy atom. The molecule has 0 amide bonds.